The molecule has 0 aliphatic heterocycles. The van der Waals surface area contributed by atoms with E-state index < -0.39 is 21.7 Å². The van der Waals surface area contributed by atoms with Crippen LogP contribution in [0.3, 0.4) is 0 Å². The minimum Gasteiger partial charge on any atom is -0.298 e. The molecule has 0 saturated carbocycles. The first kappa shape index (κ1) is 20.2. The van der Waals surface area contributed by atoms with Crippen molar-refractivity contribution in [2.45, 2.75) is 0 Å². The molecule has 1 amide bonds. The second-order valence-electron chi connectivity index (χ2n) is 5.50. The summed E-state index contributed by atoms with van der Waals surface area (Å²) in [6.45, 7) is 3.17. The third-order valence-electron chi connectivity index (χ3n) is 3.56. The van der Waals surface area contributed by atoms with E-state index in [1.54, 1.807) is 5.38 Å². The average Bonchev–Trinajstić information content (AvgIpc) is 3.10. The Balaban J connectivity index is 1.84. The van der Waals surface area contributed by atoms with E-state index in [1.807, 2.05) is 24.3 Å². The smallest absolute Gasteiger partial charge is 0.259 e. The standard InChI is InChI=1S/C18H13BrFN3O3S2/c1-2-28(25,26)23-15-9-13(20)7-8-14(15)17(24)22-18-21-16(10-27-18)11-3-5-12(19)6-4-11/h2-10,23H,1H2,(H,21,22,24). The Hall–Kier alpha value is -2.56. The van der Waals surface area contributed by atoms with Gasteiger partial charge in [0.1, 0.15) is 5.82 Å². The van der Waals surface area contributed by atoms with Gasteiger partial charge in [-0.05, 0) is 30.3 Å². The lowest BCUT2D eigenvalue weighted by Gasteiger charge is -2.10. The summed E-state index contributed by atoms with van der Waals surface area (Å²) in [6.07, 6.45) is 0. The maximum Gasteiger partial charge on any atom is 0.259 e. The van der Waals surface area contributed by atoms with E-state index in [2.05, 4.69) is 37.5 Å². The molecule has 2 N–H and O–H groups in total. The Morgan fingerprint density at radius 2 is 1.93 bits per heavy atom. The van der Waals surface area contributed by atoms with Crippen LogP contribution in [0.25, 0.3) is 11.3 Å². The predicted octanol–water partition coefficient (Wildman–Crippen LogP) is 4.85. The molecular formula is C18H13BrFN3O3S2. The Morgan fingerprint density at radius 3 is 2.61 bits per heavy atom. The number of nitrogens with zero attached hydrogens (tertiary/aromatic N) is 1. The summed E-state index contributed by atoms with van der Waals surface area (Å²) in [6, 6.07) is 10.7. The van der Waals surface area contributed by atoms with Gasteiger partial charge in [0.15, 0.2) is 5.13 Å². The second kappa shape index (κ2) is 8.21. The van der Waals surface area contributed by atoms with Gasteiger partial charge in [-0.1, -0.05) is 34.6 Å². The largest absolute Gasteiger partial charge is 0.298 e. The van der Waals surface area contributed by atoms with Crippen LogP contribution in [0.5, 0.6) is 0 Å². The quantitative estimate of drug-likeness (QED) is 0.526. The number of benzene rings is 2. The Kier molecular flexibility index (Phi) is 5.92. The fraction of sp³-hybridized carbons (Fsp3) is 0. The second-order valence-corrected chi connectivity index (χ2v) is 8.90. The van der Waals surface area contributed by atoms with E-state index >= 15 is 0 Å². The van der Waals surface area contributed by atoms with Crippen LogP contribution in [0.4, 0.5) is 15.2 Å². The highest BCUT2D eigenvalue weighted by Gasteiger charge is 2.17. The zero-order chi connectivity index (χ0) is 20.3. The van der Waals surface area contributed by atoms with Gasteiger partial charge >= 0.3 is 0 Å². The maximum absolute atomic E-state index is 13.5. The molecule has 0 radical (unpaired) electrons. The number of halogens is 2. The van der Waals surface area contributed by atoms with Crippen molar-refractivity contribution in [3.8, 4) is 11.3 Å². The molecule has 0 saturated heterocycles. The van der Waals surface area contributed by atoms with Gasteiger partial charge in [-0.2, -0.15) is 0 Å². The highest BCUT2D eigenvalue weighted by atomic mass is 79.9. The molecule has 0 bridgehead atoms. The van der Waals surface area contributed by atoms with Crippen LogP contribution >= 0.6 is 27.3 Å². The van der Waals surface area contributed by atoms with Crippen LogP contribution in [0.1, 0.15) is 10.4 Å². The molecular weight excluding hydrogens is 469 g/mol. The lowest BCUT2D eigenvalue weighted by Crippen LogP contribution is -2.17. The van der Waals surface area contributed by atoms with E-state index in [4.69, 9.17) is 0 Å². The average molecular weight is 482 g/mol. The third-order valence-corrected chi connectivity index (χ3v) is 5.79. The molecule has 6 nitrogen and oxygen atoms in total. The Labute approximate surface area is 173 Å². The number of thiazole rings is 1. The van der Waals surface area contributed by atoms with Gasteiger partial charge in [0.05, 0.1) is 16.9 Å². The van der Waals surface area contributed by atoms with Crippen molar-refractivity contribution in [1.82, 2.24) is 4.98 Å². The zero-order valence-corrected chi connectivity index (χ0v) is 17.4. The number of hydrogen-bond acceptors (Lipinski definition) is 5. The molecule has 3 rings (SSSR count). The van der Waals surface area contributed by atoms with Gasteiger partial charge < -0.3 is 0 Å². The van der Waals surface area contributed by atoms with E-state index in [0.717, 1.165) is 22.2 Å². The fourth-order valence-corrected chi connectivity index (χ4v) is 3.78. The zero-order valence-electron chi connectivity index (χ0n) is 14.1. The van der Waals surface area contributed by atoms with Crippen LogP contribution in [0.2, 0.25) is 0 Å². The first-order valence-electron chi connectivity index (χ1n) is 7.75. The van der Waals surface area contributed by atoms with Gasteiger partial charge in [-0.25, -0.2) is 17.8 Å². The molecule has 3 aromatic rings. The predicted molar refractivity (Wildman–Crippen MR) is 112 cm³/mol. The number of amides is 1. The molecule has 1 aromatic heterocycles. The summed E-state index contributed by atoms with van der Waals surface area (Å²) >= 11 is 4.58. The number of anilines is 2. The van der Waals surface area contributed by atoms with Crippen molar-refractivity contribution >= 4 is 54.0 Å². The molecule has 144 valence electrons. The van der Waals surface area contributed by atoms with Crippen LogP contribution in [-0.2, 0) is 10.0 Å². The van der Waals surface area contributed by atoms with Crippen molar-refractivity contribution in [2.75, 3.05) is 10.0 Å². The number of sulfonamides is 1. The van der Waals surface area contributed by atoms with Gasteiger partial charge in [-0.15, -0.1) is 11.3 Å². The van der Waals surface area contributed by atoms with Crippen molar-refractivity contribution in [3.05, 3.63) is 75.7 Å². The maximum atomic E-state index is 13.5. The Morgan fingerprint density at radius 1 is 1.21 bits per heavy atom. The topological polar surface area (TPSA) is 88.2 Å². The van der Waals surface area contributed by atoms with Crippen LogP contribution < -0.4 is 10.0 Å². The molecule has 10 heteroatoms. The van der Waals surface area contributed by atoms with E-state index in [0.29, 0.717) is 16.2 Å². The first-order chi connectivity index (χ1) is 13.3. The summed E-state index contributed by atoms with van der Waals surface area (Å²) in [5, 5.41) is 5.38. The van der Waals surface area contributed by atoms with Crippen LogP contribution in [-0.4, -0.2) is 19.3 Å². The number of carbonyl (C=O) groups is 1. The van der Waals surface area contributed by atoms with Gasteiger partial charge in [0.25, 0.3) is 15.9 Å². The highest BCUT2D eigenvalue weighted by molar-refractivity contribution is 9.10. The van der Waals surface area contributed by atoms with E-state index in [9.17, 15) is 17.6 Å². The van der Waals surface area contributed by atoms with E-state index in [-0.39, 0.29) is 11.3 Å². The fourth-order valence-electron chi connectivity index (χ4n) is 2.24. The van der Waals surface area contributed by atoms with Gasteiger partial charge in [0, 0.05) is 20.8 Å². The summed E-state index contributed by atoms with van der Waals surface area (Å²) in [5.41, 5.74) is 1.31. The number of hydrogen-bond donors (Lipinski definition) is 2. The molecule has 28 heavy (non-hydrogen) atoms. The minimum atomic E-state index is -3.90. The minimum absolute atomic E-state index is 0.0489. The molecule has 0 atom stereocenters. The van der Waals surface area contributed by atoms with Crippen molar-refractivity contribution in [1.29, 1.82) is 0 Å². The van der Waals surface area contributed by atoms with Gasteiger partial charge in [0.2, 0.25) is 0 Å². The summed E-state index contributed by atoms with van der Waals surface area (Å²) in [5.74, 6) is -1.32. The lowest BCUT2D eigenvalue weighted by molar-refractivity contribution is 0.102. The Bertz CT molecular complexity index is 1150. The molecule has 0 unspecified atom stereocenters. The summed E-state index contributed by atoms with van der Waals surface area (Å²) in [4.78, 5) is 16.9. The number of aromatic nitrogens is 1. The summed E-state index contributed by atoms with van der Waals surface area (Å²) in [7, 11) is -3.90. The van der Waals surface area contributed by atoms with Crippen molar-refractivity contribution in [3.63, 3.8) is 0 Å². The molecule has 0 aliphatic rings. The van der Waals surface area contributed by atoms with E-state index in [1.165, 1.54) is 17.4 Å². The number of nitrogens with one attached hydrogen (secondary N) is 2. The molecule has 0 spiro atoms. The summed E-state index contributed by atoms with van der Waals surface area (Å²) < 4.78 is 40.0. The lowest BCUT2D eigenvalue weighted by atomic mass is 10.1. The van der Waals surface area contributed by atoms with Crippen LogP contribution in [0.15, 0.2) is 64.3 Å². The SMILES string of the molecule is C=CS(=O)(=O)Nc1cc(F)ccc1C(=O)Nc1nc(-c2ccc(Br)cc2)cs1. The number of carbonyl (C=O) groups excluding carboxylic acids is 1. The monoisotopic (exact) mass is 481 g/mol. The normalized spacial score (nSPS) is 11.1. The molecule has 0 fully saturated rings. The molecule has 1 heterocycles. The molecule has 2 aromatic carbocycles. The van der Waals surface area contributed by atoms with Crippen molar-refractivity contribution in [2.24, 2.45) is 0 Å². The molecule has 0 aliphatic carbocycles. The highest BCUT2D eigenvalue weighted by Crippen LogP contribution is 2.27. The first-order valence-corrected chi connectivity index (χ1v) is 11.0. The van der Waals surface area contributed by atoms with Crippen LogP contribution in [0, 0.1) is 5.82 Å². The number of rotatable bonds is 6. The van der Waals surface area contributed by atoms with Gasteiger partial charge in [-0.3, -0.25) is 14.8 Å². The third kappa shape index (κ3) is 4.83. The van der Waals surface area contributed by atoms with Crippen molar-refractivity contribution < 1.29 is 17.6 Å².